The van der Waals surface area contributed by atoms with E-state index in [0.29, 0.717) is 23.5 Å². The molecular weight excluding hydrogens is 250 g/mol. The van der Waals surface area contributed by atoms with E-state index in [1.54, 1.807) is 12.4 Å². The summed E-state index contributed by atoms with van der Waals surface area (Å²) in [7, 11) is 0. The maximum Gasteiger partial charge on any atom is 0.312 e. The lowest BCUT2D eigenvalue weighted by Gasteiger charge is -2.04. The molecular formula is C7H10BrN5O. The molecule has 0 unspecified atom stereocenters. The molecule has 0 spiro atoms. The Labute approximate surface area is 89.4 Å². The molecule has 1 aromatic rings. The Morgan fingerprint density at radius 2 is 2.21 bits per heavy atom. The summed E-state index contributed by atoms with van der Waals surface area (Å²) in [6.07, 6.45) is 3.18. The van der Waals surface area contributed by atoms with E-state index in [2.05, 4.69) is 36.5 Å². The maximum atomic E-state index is 10.3. The fourth-order valence-electron chi connectivity index (χ4n) is 0.780. The number of halogens is 1. The third kappa shape index (κ3) is 4.04. The number of hydrogen-bond donors (Lipinski definition) is 3. The molecule has 14 heavy (non-hydrogen) atoms. The zero-order valence-corrected chi connectivity index (χ0v) is 8.91. The number of nitrogens with one attached hydrogen (secondary N) is 2. The van der Waals surface area contributed by atoms with Gasteiger partial charge in [0.15, 0.2) is 0 Å². The van der Waals surface area contributed by atoms with Crippen LogP contribution in [0.1, 0.15) is 0 Å². The van der Waals surface area contributed by atoms with Gasteiger partial charge < -0.3 is 16.4 Å². The monoisotopic (exact) mass is 259 g/mol. The highest BCUT2D eigenvalue weighted by molar-refractivity contribution is 9.10. The molecule has 4 N–H and O–H groups in total. The van der Waals surface area contributed by atoms with Gasteiger partial charge in [0, 0.05) is 13.1 Å². The van der Waals surface area contributed by atoms with Crippen LogP contribution in [0.15, 0.2) is 17.0 Å². The molecule has 0 aliphatic carbocycles. The van der Waals surface area contributed by atoms with E-state index >= 15 is 0 Å². The summed E-state index contributed by atoms with van der Waals surface area (Å²) in [5.74, 6) is 0.652. The quantitative estimate of drug-likeness (QED) is 0.679. The van der Waals surface area contributed by atoms with E-state index in [9.17, 15) is 4.79 Å². The molecule has 1 heterocycles. The summed E-state index contributed by atoms with van der Waals surface area (Å²) in [4.78, 5) is 18.3. The number of hydrogen-bond acceptors (Lipinski definition) is 4. The first-order valence-corrected chi connectivity index (χ1v) is 4.72. The molecule has 76 valence electrons. The van der Waals surface area contributed by atoms with E-state index in [1.165, 1.54) is 0 Å². The number of carbonyl (C=O) groups is 1. The van der Waals surface area contributed by atoms with E-state index in [-0.39, 0.29) is 0 Å². The molecule has 0 aromatic carbocycles. The van der Waals surface area contributed by atoms with E-state index in [4.69, 9.17) is 5.73 Å². The van der Waals surface area contributed by atoms with Crippen molar-refractivity contribution >= 4 is 27.8 Å². The molecule has 0 aliphatic heterocycles. The molecule has 0 saturated heterocycles. The van der Waals surface area contributed by atoms with Crippen LogP contribution in [0.3, 0.4) is 0 Å². The third-order valence-corrected chi connectivity index (χ3v) is 1.76. The van der Waals surface area contributed by atoms with Gasteiger partial charge in [-0.2, -0.15) is 0 Å². The average molecular weight is 260 g/mol. The zero-order valence-electron chi connectivity index (χ0n) is 7.33. The number of carbonyl (C=O) groups excluding carboxylic acids is 1. The van der Waals surface area contributed by atoms with Gasteiger partial charge in [-0.05, 0) is 15.9 Å². The predicted octanol–water partition coefficient (Wildman–Crippen LogP) is 0.319. The Bertz CT molecular complexity index is 301. The first kappa shape index (κ1) is 10.7. The summed E-state index contributed by atoms with van der Waals surface area (Å²) in [6, 6.07) is -0.534. The van der Waals surface area contributed by atoms with E-state index in [0.717, 1.165) is 0 Å². The first-order chi connectivity index (χ1) is 6.68. The fourth-order valence-corrected chi connectivity index (χ4v) is 0.985. The number of anilines is 1. The molecule has 0 fully saturated rings. The van der Waals surface area contributed by atoms with Crippen molar-refractivity contribution in [3.8, 4) is 0 Å². The van der Waals surface area contributed by atoms with Crippen molar-refractivity contribution in [2.75, 3.05) is 18.4 Å². The van der Waals surface area contributed by atoms with Gasteiger partial charge in [0.1, 0.15) is 10.4 Å². The van der Waals surface area contributed by atoms with Crippen LogP contribution in [-0.2, 0) is 0 Å². The summed E-state index contributed by atoms with van der Waals surface area (Å²) in [5.41, 5.74) is 4.88. The van der Waals surface area contributed by atoms with Crippen LogP contribution in [0, 0.1) is 0 Å². The molecule has 0 aliphatic rings. The first-order valence-electron chi connectivity index (χ1n) is 3.93. The van der Waals surface area contributed by atoms with Crippen molar-refractivity contribution in [2.24, 2.45) is 5.73 Å². The highest BCUT2D eigenvalue weighted by atomic mass is 79.9. The van der Waals surface area contributed by atoms with Crippen LogP contribution >= 0.6 is 15.9 Å². The molecule has 0 bridgehead atoms. The minimum atomic E-state index is -0.534. The highest BCUT2D eigenvalue weighted by Gasteiger charge is 1.94. The van der Waals surface area contributed by atoms with Crippen LogP contribution in [0.2, 0.25) is 0 Å². The summed E-state index contributed by atoms with van der Waals surface area (Å²) in [6.45, 7) is 1.01. The Kier molecular flexibility index (Phi) is 4.11. The molecule has 2 amide bonds. The van der Waals surface area contributed by atoms with Crippen LogP contribution in [0.4, 0.5) is 10.6 Å². The van der Waals surface area contributed by atoms with Crippen molar-refractivity contribution in [1.29, 1.82) is 0 Å². The second kappa shape index (κ2) is 5.38. The summed E-state index contributed by atoms with van der Waals surface area (Å²) < 4.78 is 0.679. The van der Waals surface area contributed by atoms with Gasteiger partial charge in [-0.15, -0.1) is 0 Å². The Hall–Kier alpha value is -1.37. The number of amides is 2. The van der Waals surface area contributed by atoms with Crippen LogP contribution in [0.5, 0.6) is 0 Å². The topological polar surface area (TPSA) is 92.9 Å². The van der Waals surface area contributed by atoms with Gasteiger partial charge in [0.05, 0.1) is 12.4 Å². The molecule has 1 aromatic heterocycles. The van der Waals surface area contributed by atoms with Gasteiger partial charge in [-0.3, -0.25) is 0 Å². The van der Waals surface area contributed by atoms with Crippen LogP contribution < -0.4 is 16.4 Å². The molecule has 0 saturated carbocycles. The highest BCUT2D eigenvalue weighted by Crippen LogP contribution is 2.05. The van der Waals surface area contributed by atoms with Gasteiger partial charge >= 0.3 is 6.03 Å². The molecule has 6 nitrogen and oxygen atoms in total. The number of rotatable bonds is 4. The summed E-state index contributed by atoms with van der Waals surface area (Å²) in [5, 5.41) is 5.41. The standard InChI is InChI=1S/C7H10BrN5O/c8-5-3-13-6(4-12-5)10-1-2-11-7(9)14/h3-4H,1-2H2,(H,10,13)(H3,9,11,14). The van der Waals surface area contributed by atoms with Gasteiger partial charge in [0.2, 0.25) is 0 Å². The minimum absolute atomic E-state index is 0.451. The van der Waals surface area contributed by atoms with Gasteiger partial charge in [-0.25, -0.2) is 14.8 Å². The van der Waals surface area contributed by atoms with Crippen molar-refractivity contribution < 1.29 is 4.79 Å². The Morgan fingerprint density at radius 1 is 1.43 bits per heavy atom. The maximum absolute atomic E-state index is 10.3. The number of nitrogens with zero attached hydrogens (tertiary/aromatic N) is 2. The number of aromatic nitrogens is 2. The van der Waals surface area contributed by atoms with Gasteiger partial charge in [0.25, 0.3) is 0 Å². The van der Waals surface area contributed by atoms with Crippen molar-refractivity contribution in [3.63, 3.8) is 0 Å². The lowest BCUT2D eigenvalue weighted by molar-refractivity contribution is 0.249. The third-order valence-electron chi connectivity index (χ3n) is 1.35. The normalized spacial score (nSPS) is 9.50. The van der Waals surface area contributed by atoms with Crippen LogP contribution in [-0.4, -0.2) is 29.1 Å². The van der Waals surface area contributed by atoms with E-state index < -0.39 is 6.03 Å². The number of nitrogens with two attached hydrogens (primary N) is 1. The molecule has 0 atom stereocenters. The predicted molar refractivity (Wildman–Crippen MR) is 55.8 cm³/mol. The Morgan fingerprint density at radius 3 is 2.79 bits per heavy atom. The smallest absolute Gasteiger partial charge is 0.312 e. The lowest BCUT2D eigenvalue weighted by atomic mass is 10.5. The molecule has 7 heteroatoms. The molecule has 0 radical (unpaired) electrons. The van der Waals surface area contributed by atoms with E-state index in [1.807, 2.05) is 0 Å². The fraction of sp³-hybridized carbons (Fsp3) is 0.286. The largest absolute Gasteiger partial charge is 0.367 e. The number of primary amides is 1. The van der Waals surface area contributed by atoms with Crippen LogP contribution in [0.25, 0.3) is 0 Å². The minimum Gasteiger partial charge on any atom is -0.367 e. The average Bonchev–Trinajstić information content (AvgIpc) is 2.15. The number of urea groups is 1. The zero-order chi connectivity index (χ0) is 10.4. The second-order valence-corrected chi connectivity index (χ2v) is 3.25. The van der Waals surface area contributed by atoms with Crippen molar-refractivity contribution in [1.82, 2.24) is 15.3 Å². The Balaban J connectivity index is 2.25. The lowest BCUT2D eigenvalue weighted by Crippen LogP contribution is -2.33. The van der Waals surface area contributed by atoms with Crippen molar-refractivity contribution in [3.05, 3.63) is 17.0 Å². The van der Waals surface area contributed by atoms with Gasteiger partial charge in [-0.1, -0.05) is 0 Å². The molecule has 1 rings (SSSR count). The van der Waals surface area contributed by atoms with Crippen molar-refractivity contribution in [2.45, 2.75) is 0 Å². The second-order valence-electron chi connectivity index (χ2n) is 2.44. The summed E-state index contributed by atoms with van der Waals surface area (Å²) >= 11 is 3.17. The SMILES string of the molecule is NC(=O)NCCNc1cnc(Br)cn1.